The molecule has 0 amide bonds. The lowest BCUT2D eigenvalue weighted by Gasteiger charge is -2.13. The number of aromatic nitrogens is 1. The summed E-state index contributed by atoms with van der Waals surface area (Å²) in [7, 11) is 8.14. The zero-order valence-corrected chi connectivity index (χ0v) is 12.3. The molecule has 20 heavy (non-hydrogen) atoms. The Morgan fingerprint density at radius 1 is 1.00 bits per heavy atom. The number of hydrogen-bond donors (Lipinski definition) is 0. The summed E-state index contributed by atoms with van der Waals surface area (Å²) in [4.78, 5) is 8.94. The van der Waals surface area contributed by atoms with Crippen molar-refractivity contribution < 1.29 is 0 Å². The molecule has 0 bridgehead atoms. The van der Waals surface area contributed by atoms with Crippen molar-refractivity contribution in [3.05, 3.63) is 53.4 Å². The standard InChI is InChI=1S/C17H18N3/c1-19(2)14-7-5-12-9-13-6-8-15(20(3)4)11-17(13)18-16(12)10-14/h5,7-11H,1-4H3/q+1. The summed E-state index contributed by atoms with van der Waals surface area (Å²) in [6, 6.07) is 8.50. The summed E-state index contributed by atoms with van der Waals surface area (Å²) in [5.41, 5.74) is 5.35. The first-order valence-corrected chi connectivity index (χ1v) is 6.65. The molecule has 1 heterocycles. The molecule has 1 aromatic carbocycles. The first-order chi connectivity index (χ1) is 9.54. The van der Waals surface area contributed by atoms with E-state index in [9.17, 15) is 0 Å². The van der Waals surface area contributed by atoms with Crippen molar-refractivity contribution in [3.63, 3.8) is 0 Å². The number of anilines is 1. The molecule has 0 fully saturated rings. The Morgan fingerprint density at radius 2 is 1.80 bits per heavy atom. The second-order valence-corrected chi connectivity index (χ2v) is 5.44. The molecular formula is C17H18N3+. The van der Waals surface area contributed by atoms with E-state index in [4.69, 9.17) is 4.98 Å². The third-order valence-electron chi connectivity index (χ3n) is 3.52. The molecule has 2 aromatic rings. The highest BCUT2D eigenvalue weighted by Crippen LogP contribution is 2.26. The summed E-state index contributed by atoms with van der Waals surface area (Å²) in [6.07, 6.45) is 7.42. The minimum absolute atomic E-state index is 0.986. The van der Waals surface area contributed by atoms with Gasteiger partial charge in [0.15, 0.2) is 11.3 Å². The lowest BCUT2D eigenvalue weighted by Crippen LogP contribution is -2.11. The van der Waals surface area contributed by atoms with Crippen molar-refractivity contribution in [2.24, 2.45) is 0 Å². The maximum absolute atomic E-state index is 4.78. The number of likely N-dealkylation sites (N-methyl/N-ethyl adjacent to an activating group) is 1. The van der Waals surface area contributed by atoms with E-state index >= 15 is 0 Å². The van der Waals surface area contributed by atoms with Crippen molar-refractivity contribution in [3.8, 4) is 0 Å². The molecule has 0 spiro atoms. The number of nitrogens with zero attached hydrogens (tertiary/aromatic N) is 3. The second kappa shape index (κ2) is 4.62. The fraction of sp³-hybridized carbons (Fsp3) is 0.235. The van der Waals surface area contributed by atoms with Crippen molar-refractivity contribution in [1.29, 1.82) is 0 Å². The minimum Gasteiger partial charge on any atom is -0.378 e. The van der Waals surface area contributed by atoms with Gasteiger partial charge in [-0.1, -0.05) is 0 Å². The average molecular weight is 264 g/mol. The molecule has 1 aliphatic carbocycles. The van der Waals surface area contributed by atoms with Gasteiger partial charge in [0.25, 0.3) is 0 Å². The number of fused-ring (bicyclic) bond motifs is 2. The first kappa shape index (κ1) is 12.6. The Balaban J connectivity index is 2.16. The normalized spacial score (nSPS) is 12.7. The Kier molecular flexibility index (Phi) is 2.92. The highest BCUT2D eigenvalue weighted by molar-refractivity contribution is 5.85. The molecule has 0 unspecified atom stereocenters. The third kappa shape index (κ3) is 2.13. The smallest absolute Gasteiger partial charge is 0.174 e. The van der Waals surface area contributed by atoms with Gasteiger partial charge in [-0.05, 0) is 18.2 Å². The summed E-state index contributed by atoms with van der Waals surface area (Å²) < 4.78 is 0. The van der Waals surface area contributed by atoms with Crippen LogP contribution in [-0.2, 0) is 0 Å². The molecule has 0 N–H and O–H groups in total. The van der Waals surface area contributed by atoms with Crippen LogP contribution in [0.5, 0.6) is 0 Å². The predicted molar refractivity (Wildman–Crippen MR) is 84.6 cm³/mol. The van der Waals surface area contributed by atoms with E-state index in [0.29, 0.717) is 0 Å². The molecular weight excluding hydrogens is 246 g/mol. The quantitative estimate of drug-likeness (QED) is 0.777. The maximum Gasteiger partial charge on any atom is 0.174 e. The Bertz CT molecular complexity index is 724. The third-order valence-corrected chi connectivity index (χ3v) is 3.52. The van der Waals surface area contributed by atoms with Crippen molar-refractivity contribution in [1.82, 2.24) is 9.88 Å². The van der Waals surface area contributed by atoms with Crippen LogP contribution in [0.4, 0.5) is 5.69 Å². The zero-order chi connectivity index (χ0) is 14.3. The van der Waals surface area contributed by atoms with Crippen LogP contribution < -0.4 is 4.90 Å². The first-order valence-electron chi connectivity index (χ1n) is 6.65. The van der Waals surface area contributed by atoms with Gasteiger partial charge in [0.2, 0.25) is 0 Å². The van der Waals surface area contributed by atoms with Gasteiger partial charge in [0, 0.05) is 51.4 Å². The monoisotopic (exact) mass is 264 g/mol. The van der Waals surface area contributed by atoms with E-state index in [1.807, 2.05) is 34.3 Å². The molecule has 3 rings (SSSR count). The number of rotatable bonds is 2. The van der Waals surface area contributed by atoms with Crippen molar-refractivity contribution in [2.45, 2.75) is 0 Å². The summed E-state index contributed by atoms with van der Waals surface area (Å²) in [5, 5.41) is 1.15. The van der Waals surface area contributed by atoms with Gasteiger partial charge in [0.05, 0.1) is 17.7 Å². The lowest BCUT2D eigenvalue weighted by molar-refractivity contribution is 0.533. The van der Waals surface area contributed by atoms with E-state index in [1.54, 1.807) is 0 Å². The van der Waals surface area contributed by atoms with Gasteiger partial charge in [-0.25, -0.2) is 0 Å². The van der Waals surface area contributed by atoms with Gasteiger partial charge < -0.3 is 9.80 Å². The molecule has 1 aliphatic rings. The van der Waals surface area contributed by atoms with Crippen LogP contribution in [0.3, 0.4) is 0 Å². The molecule has 1 aromatic heterocycles. The van der Waals surface area contributed by atoms with Crippen LogP contribution in [0.25, 0.3) is 17.0 Å². The van der Waals surface area contributed by atoms with E-state index in [1.165, 1.54) is 0 Å². The SMILES string of the molecule is CN(C)C1=Cc2nc3cc(N(C)C)ccc3cc2[C+]=C1. The van der Waals surface area contributed by atoms with E-state index < -0.39 is 0 Å². The molecule has 0 saturated carbocycles. The maximum atomic E-state index is 4.78. The van der Waals surface area contributed by atoms with Gasteiger partial charge in [-0.15, -0.1) is 0 Å². The summed E-state index contributed by atoms with van der Waals surface area (Å²) in [5.74, 6) is 0. The fourth-order valence-electron chi connectivity index (χ4n) is 2.27. The predicted octanol–water partition coefficient (Wildman–Crippen LogP) is 2.92. The van der Waals surface area contributed by atoms with Gasteiger partial charge in [0.1, 0.15) is 5.70 Å². The van der Waals surface area contributed by atoms with Crippen LogP contribution in [-0.4, -0.2) is 38.1 Å². The Morgan fingerprint density at radius 3 is 2.50 bits per heavy atom. The molecule has 3 nitrogen and oxygen atoms in total. The number of allylic oxidation sites excluding steroid dienone is 1. The largest absolute Gasteiger partial charge is 0.378 e. The average Bonchev–Trinajstić information content (AvgIpc) is 2.43. The van der Waals surface area contributed by atoms with E-state index in [2.05, 4.69) is 46.2 Å². The van der Waals surface area contributed by atoms with Crippen molar-refractivity contribution in [2.75, 3.05) is 33.1 Å². The Hall–Kier alpha value is -2.38. The lowest BCUT2D eigenvalue weighted by atomic mass is 10.0. The molecule has 0 atom stereocenters. The van der Waals surface area contributed by atoms with Gasteiger partial charge >= 0.3 is 0 Å². The molecule has 100 valence electrons. The van der Waals surface area contributed by atoms with Gasteiger partial charge in [-0.2, -0.15) is 4.98 Å². The van der Waals surface area contributed by atoms with E-state index in [-0.39, 0.29) is 0 Å². The van der Waals surface area contributed by atoms with Crippen LogP contribution >= 0.6 is 0 Å². The highest BCUT2D eigenvalue weighted by atomic mass is 15.1. The molecule has 0 aliphatic heterocycles. The molecule has 0 saturated heterocycles. The van der Waals surface area contributed by atoms with E-state index in [0.717, 1.165) is 33.5 Å². The summed E-state index contributed by atoms with van der Waals surface area (Å²) >= 11 is 0. The topological polar surface area (TPSA) is 19.4 Å². The van der Waals surface area contributed by atoms with Gasteiger partial charge in [-0.3, -0.25) is 0 Å². The van der Waals surface area contributed by atoms with Crippen LogP contribution in [0, 0.1) is 6.08 Å². The van der Waals surface area contributed by atoms with Crippen LogP contribution in [0.1, 0.15) is 11.3 Å². The number of hydrogen-bond acceptors (Lipinski definition) is 3. The number of pyridine rings is 1. The highest BCUT2D eigenvalue weighted by Gasteiger charge is 2.18. The Labute approximate surface area is 119 Å². The second-order valence-electron chi connectivity index (χ2n) is 5.44. The fourth-order valence-corrected chi connectivity index (χ4v) is 2.27. The van der Waals surface area contributed by atoms with Crippen molar-refractivity contribution >= 4 is 22.7 Å². The molecule has 0 radical (unpaired) electrons. The van der Waals surface area contributed by atoms with Crippen LogP contribution in [0.15, 0.2) is 36.0 Å². The minimum atomic E-state index is 0.986. The zero-order valence-electron chi connectivity index (χ0n) is 12.3. The molecule has 3 heteroatoms. The number of benzene rings is 1. The summed E-state index contributed by atoms with van der Waals surface area (Å²) in [6.45, 7) is 0. The van der Waals surface area contributed by atoms with Crippen LogP contribution in [0.2, 0.25) is 0 Å².